The van der Waals surface area contributed by atoms with Crippen LogP contribution in [0, 0.1) is 0 Å². The molecule has 2 aromatic carbocycles. The van der Waals surface area contributed by atoms with Gasteiger partial charge in [-0.3, -0.25) is 4.79 Å². The summed E-state index contributed by atoms with van der Waals surface area (Å²) in [6.07, 6.45) is -0.0712. The molecule has 0 fully saturated rings. The van der Waals surface area contributed by atoms with Gasteiger partial charge in [0.15, 0.2) is 0 Å². The van der Waals surface area contributed by atoms with Crippen molar-refractivity contribution in [2.75, 3.05) is 5.32 Å². The van der Waals surface area contributed by atoms with E-state index in [0.29, 0.717) is 18.8 Å². The lowest BCUT2D eigenvalue weighted by Crippen LogP contribution is -2.36. The van der Waals surface area contributed by atoms with Crippen molar-refractivity contribution in [3.63, 3.8) is 0 Å². The molecule has 1 atom stereocenters. The van der Waals surface area contributed by atoms with E-state index in [1.807, 2.05) is 42.5 Å². The standard InChI is InChI=1S/C18H18N2O3/c21-17(20-11-13-6-4-5-7-14(13)12-20)10-16(18(22)23)19-15-8-2-1-3-9-15/h1-9,16,19H,10-12H2,(H,22,23). The molecule has 2 aromatic rings. The van der Waals surface area contributed by atoms with E-state index in [-0.39, 0.29) is 12.3 Å². The molecule has 1 amide bonds. The summed E-state index contributed by atoms with van der Waals surface area (Å²) in [5.41, 5.74) is 2.95. The van der Waals surface area contributed by atoms with Crippen LogP contribution < -0.4 is 5.32 Å². The Kier molecular flexibility index (Phi) is 4.28. The lowest BCUT2D eigenvalue weighted by atomic mass is 10.1. The third-order valence-corrected chi connectivity index (χ3v) is 3.99. The summed E-state index contributed by atoms with van der Waals surface area (Å²) in [7, 11) is 0. The number of nitrogens with one attached hydrogen (secondary N) is 1. The highest BCUT2D eigenvalue weighted by atomic mass is 16.4. The quantitative estimate of drug-likeness (QED) is 0.890. The first-order valence-electron chi connectivity index (χ1n) is 7.52. The smallest absolute Gasteiger partial charge is 0.326 e. The predicted molar refractivity (Wildman–Crippen MR) is 86.8 cm³/mol. The summed E-state index contributed by atoms with van der Waals surface area (Å²) in [5, 5.41) is 12.3. The third-order valence-electron chi connectivity index (χ3n) is 3.99. The normalized spacial score (nSPS) is 14.2. The summed E-state index contributed by atoms with van der Waals surface area (Å²) >= 11 is 0. The maximum absolute atomic E-state index is 12.4. The number of fused-ring (bicyclic) bond motifs is 1. The van der Waals surface area contributed by atoms with Gasteiger partial charge in [-0.1, -0.05) is 42.5 Å². The highest BCUT2D eigenvalue weighted by molar-refractivity contribution is 5.86. The van der Waals surface area contributed by atoms with Crippen LogP contribution in [0.1, 0.15) is 17.5 Å². The Hall–Kier alpha value is -2.82. The largest absolute Gasteiger partial charge is 0.480 e. The number of carboxylic acid groups (broad SMARTS) is 1. The van der Waals surface area contributed by atoms with Crippen molar-refractivity contribution in [1.82, 2.24) is 4.90 Å². The van der Waals surface area contributed by atoms with Gasteiger partial charge in [-0.2, -0.15) is 0 Å². The van der Waals surface area contributed by atoms with Crippen molar-refractivity contribution in [2.45, 2.75) is 25.6 Å². The molecule has 0 bridgehead atoms. The molecule has 5 nitrogen and oxygen atoms in total. The molecule has 1 unspecified atom stereocenters. The number of para-hydroxylation sites is 1. The van der Waals surface area contributed by atoms with Crippen molar-refractivity contribution < 1.29 is 14.7 Å². The third kappa shape index (κ3) is 3.51. The monoisotopic (exact) mass is 310 g/mol. The van der Waals surface area contributed by atoms with Crippen LogP contribution in [0.25, 0.3) is 0 Å². The topological polar surface area (TPSA) is 69.6 Å². The zero-order chi connectivity index (χ0) is 16.2. The number of carboxylic acids is 1. The molecule has 3 rings (SSSR count). The van der Waals surface area contributed by atoms with E-state index < -0.39 is 12.0 Å². The minimum absolute atomic E-state index is 0.0712. The Morgan fingerprint density at radius 2 is 1.57 bits per heavy atom. The molecule has 0 aliphatic carbocycles. The van der Waals surface area contributed by atoms with Crippen LogP contribution >= 0.6 is 0 Å². The number of carbonyl (C=O) groups excluding carboxylic acids is 1. The number of anilines is 1. The van der Waals surface area contributed by atoms with Gasteiger partial charge in [-0.05, 0) is 23.3 Å². The van der Waals surface area contributed by atoms with Crippen LogP contribution in [-0.4, -0.2) is 27.9 Å². The molecule has 0 saturated heterocycles. The van der Waals surface area contributed by atoms with Gasteiger partial charge in [0.1, 0.15) is 6.04 Å². The van der Waals surface area contributed by atoms with Crippen LogP contribution in [0.3, 0.4) is 0 Å². The Bertz CT molecular complexity index is 690. The van der Waals surface area contributed by atoms with Crippen molar-refractivity contribution >= 4 is 17.6 Å². The zero-order valence-electron chi connectivity index (χ0n) is 12.6. The number of amides is 1. The van der Waals surface area contributed by atoms with Crippen molar-refractivity contribution in [3.8, 4) is 0 Å². The minimum atomic E-state index is -1.03. The lowest BCUT2D eigenvalue weighted by molar-refractivity contribution is -0.142. The molecular formula is C18H18N2O3. The summed E-state index contributed by atoms with van der Waals surface area (Å²) in [5.74, 6) is -1.18. The number of benzene rings is 2. The van der Waals surface area contributed by atoms with Crippen LogP contribution in [0.15, 0.2) is 54.6 Å². The zero-order valence-corrected chi connectivity index (χ0v) is 12.6. The van der Waals surface area contributed by atoms with Gasteiger partial charge in [0.05, 0.1) is 6.42 Å². The van der Waals surface area contributed by atoms with E-state index >= 15 is 0 Å². The van der Waals surface area contributed by atoms with Crippen molar-refractivity contribution in [1.29, 1.82) is 0 Å². The molecular weight excluding hydrogens is 292 g/mol. The Balaban J connectivity index is 1.65. The summed E-state index contributed by atoms with van der Waals surface area (Å²) in [6.45, 7) is 1.10. The summed E-state index contributed by atoms with van der Waals surface area (Å²) in [4.78, 5) is 25.6. The van der Waals surface area contributed by atoms with Gasteiger partial charge in [0.25, 0.3) is 0 Å². The van der Waals surface area contributed by atoms with Gasteiger partial charge in [-0.15, -0.1) is 0 Å². The molecule has 5 heteroatoms. The molecule has 1 heterocycles. The van der Waals surface area contributed by atoms with Gasteiger partial charge in [0, 0.05) is 18.8 Å². The molecule has 0 spiro atoms. The predicted octanol–water partition coefficient (Wildman–Crippen LogP) is 2.48. The number of rotatable bonds is 5. The van der Waals surface area contributed by atoms with Gasteiger partial charge in [-0.25, -0.2) is 4.79 Å². The maximum atomic E-state index is 12.4. The molecule has 0 saturated carbocycles. The van der Waals surface area contributed by atoms with E-state index in [9.17, 15) is 14.7 Å². The summed E-state index contributed by atoms with van der Waals surface area (Å²) in [6, 6.07) is 16.0. The van der Waals surface area contributed by atoms with E-state index in [1.54, 1.807) is 17.0 Å². The van der Waals surface area contributed by atoms with Crippen molar-refractivity contribution in [3.05, 3.63) is 65.7 Å². The number of hydrogen-bond donors (Lipinski definition) is 2. The second kappa shape index (κ2) is 6.52. The first-order valence-corrected chi connectivity index (χ1v) is 7.52. The molecule has 118 valence electrons. The number of hydrogen-bond acceptors (Lipinski definition) is 3. The first kappa shape index (κ1) is 15.1. The van der Waals surface area contributed by atoms with Crippen LogP contribution in [0.2, 0.25) is 0 Å². The fourth-order valence-electron chi connectivity index (χ4n) is 2.75. The van der Waals surface area contributed by atoms with Gasteiger partial charge >= 0.3 is 5.97 Å². The van der Waals surface area contributed by atoms with E-state index in [1.165, 1.54) is 0 Å². The number of carbonyl (C=O) groups is 2. The molecule has 23 heavy (non-hydrogen) atoms. The molecule has 0 radical (unpaired) electrons. The minimum Gasteiger partial charge on any atom is -0.480 e. The maximum Gasteiger partial charge on any atom is 0.326 e. The number of aliphatic carboxylic acids is 1. The first-order chi connectivity index (χ1) is 11.1. The fraction of sp³-hybridized carbons (Fsp3) is 0.222. The number of nitrogens with zero attached hydrogens (tertiary/aromatic N) is 1. The fourth-order valence-corrected chi connectivity index (χ4v) is 2.75. The summed E-state index contributed by atoms with van der Waals surface area (Å²) < 4.78 is 0. The van der Waals surface area contributed by atoms with Gasteiger partial charge < -0.3 is 15.3 Å². The van der Waals surface area contributed by atoms with Crippen LogP contribution in [0.5, 0.6) is 0 Å². The second-order valence-corrected chi connectivity index (χ2v) is 5.62. The highest BCUT2D eigenvalue weighted by Gasteiger charge is 2.27. The average Bonchev–Trinajstić information content (AvgIpc) is 2.99. The van der Waals surface area contributed by atoms with Gasteiger partial charge in [0.2, 0.25) is 5.91 Å². The van der Waals surface area contributed by atoms with E-state index in [4.69, 9.17) is 0 Å². The van der Waals surface area contributed by atoms with E-state index in [2.05, 4.69) is 5.32 Å². The Morgan fingerprint density at radius 3 is 2.13 bits per heavy atom. The molecule has 2 N–H and O–H groups in total. The van der Waals surface area contributed by atoms with Crippen molar-refractivity contribution in [2.24, 2.45) is 0 Å². The van der Waals surface area contributed by atoms with E-state index in [0.717, 1.165) is 11.1 Å². The Labute approximate surface area is 134 Å². The Morgan fingerprint density at radius 1 is 1.00 bits per heavy atom. The second-order valence-electron chi connectivity index (χ2n) is 5.62. The highest BCUT2D eigenvalue weighted by Crippen LogP contribution is 2.23. The molecule has 1 aliphatic heterocycles. The average molecular weight is 310 g/mol. The molecule has 0 aromatic heterocycles. The molecule has 1 aliphatic rings. The van der Waals surface area contributed by atoms with Crippen LogP contribution in [0.4, 0.5) is 5.69 Å². The SMILES string of the molecule is O=C(O)C(CC(=O)N1Cc2ccccc2C1)Nc1ccccc1. The van der Waals surface area contributed by atoms with Crippen LogP contribution in [-0.2, 0) is 22.7 Å². The lowest BCUT2D eigenvalue weighted by Gasteiger charge is -2.20.